The first-order valence-corrected chi connectivity index (χ1v) is 10.1. The average Bonchev–Trinajstić information content (AvgIpc) is 3.22. The first kappa shape index (κ1) is 18.7. The molecule has 146 valence electrons. The molecule has 28 heavy (non-hydrogen) atoms. The number of pyridine rings is 1. The molecule has 2 aliphatic heterocycles. The molecule has 0 radical (unpaired) electrons. The van der Waals surface area contributed by atoms with Crippen molar-refractivity contribution >= 4 is 22.5 Å². The van der Waals surface area contributed by atoms with Crippen LogP contribution in [0.4, 0.5) is 5.69 Å². The molecule has 3 heterocycles. The number of anilines is 1. The van der Waals surface area contributed by atoms with Crippen LogP contribution in [0.25, 0.3) is 10.9 Å². The van der Waals surface area contributed by atoms with Crippen molar-refractivity contribution in [1.29, 1.82) is 5.26 Å². The molecule has 6 nitrogen and oxygen atoms in total. The molecule has 2 aliphatic rings. The number of piperidine rings is 1. The molecule has 0 N–H and O–H groups in total. The molecule has 0 saturated carbocycles. The van der Waals surface area contributed by atoms with Crippen LogP contribution >= 0.6 is 0 Å². The Morgan fingerprint density at radius 2 is 2.07 bits per heavy atom. The quantitative estimate of drug-likeness (QED) is 0.820. The van der Waals surface area contributed by atoms with Gasteiger partial charge in [0.1, 0.15) is 6.04 Å². The molecule has 2 aromatic rings. The van der Waals surface area contributed by atoms with Crippen LogP contribution in [0.15, 0.2) is 36.5 Å². The van der Waals surface area contributed by atoms with Crippen LogP contribution in [0.5, 0.6) is 0 Å². The third kappa shape index (κ3) is 3.81. The van der Waals surface area contributed by atoms with Crippen molar-refractivity contribution in [3.63, 3.8) is 0 Å². The summed E-state index contributed by atoms with van der Waals surface area (Å²) in [5.41, 5.74) is 2.21. The average molecular weight is 377 g/mol. The number of benzene rings is 1. The van der Waals surface area contributed by atoms with Crippen LogP contribution in [-0.4, -0.2) is 66.0 Å². The molecular formula is C22H27N5O. The largest absolute Gasteiger partial charge is 0.371 e. The number of fused-ring (bicyclic) bond motifs is 1. The lowest BCUT2D eigenvalue weighted by molar-refractivity contribution is -0.132. The van der Waals surface area contributed by atoms with E-state index in [-0.39, 0.29) is 11.9 Å². The monoisotopic (exact) mass is 377 g/mol. The van der Waals surface area contributed by atoms with E-state index in [1.54, 1.807) is 4.90 Å². The van der Waals surface area contributed by atoms with Crippen molar-refractivity contribution in [1.82, 2.24) is 14.8 Å². The third-order valence-corrected chi connectivity index (χ3v) is 6.18. The topological polar surface area (TPSA) is 63.5 Å². The summed E-state index contributed by atoms with van der Waals surface area (Å²) in [6.07, 6.45) is 5.66. The lowest BCUT2D eigenvalue weighted by atomic mass is 10.0. The summed E-state index contributed by atoms with van der Waals surface area (Å²) >= 11 is 0. The zero-order valence-electron chi connectivity index (χ0n) is 16.4. The van der Waals surface area contributed by atoms with Gasteiger partial charge in [0, 0.05) is 50.0 Å². The number of hydrogen-bond donors (Lipinski definition) is 0. The third-order valence-electron chi connectivity index (χ3n) is 6.18. The Morgan fingerprint density at radius 1 is 1.25 bits per heavy atom. The summed E-state index contributed by atoms with van der Waals surface area (Å²) in [6, 6.07) is 13.0. The highest BCUT2D eigenvalue weighted by Crippen LogP contribution is 2.25. The van der Waals surface area contributed by atoms with Gasteiger partial charge in [-0.25, -0.2) is 0 Å². The standard InChI is InChI=1S/C22H27N5O/c1-25(19-7-6-17-4-2-10-24-21(17)14-19)18-8-12-26(13-9-18)16-22(28)27-11-3-5-20(27)15-23/h2,4,6-7,10,14,18,20H,3,5,8-9,11-13,16H2,1H3. The van der Waals surface area contributed by atoms with E-state index in [1.165, 1.54) is 5.69 Å². The fourth-order valence-electron chi connectivity index (χ4n) is 4.43. The zero-order valence-corrected chi connectivity index (χ0v) is 16.4. The summed E-state index contributed by atoms with van der Waals surface area (Å²) in [6.45, 7) is 3.00. The Balaban J connectivity index is 1.33. The molecule has 0 spiro atoms. The van der Waals surface area contributed by atoms with Gasteiger partial charge in [0.15, 0.2) is 0 Å². The minimum absolute atomic E-state index is 0.108. The van der Waals surface area contributed by atoms with Gasteiger partial charge in [0.05, 0.1) is 18.1 Å². The number of amides is 1. The summed E-state index contributed by atoms with van der Waals surface area (Å²) in [5.74, 6) is 0.108. The molecule has 1 amide bonds. The van der Waals surface area contributed by atoms with Gasteiger partial charge in [-0.1, -0.05) is 12.1 Å². The van der Waals surface area contributed by atoms with Gasteiger partial charge in [0.25, 0.3) is 0 Å². The molecule has 1 unspecified atom stereocenters. The smallest absolute Gasteiger partial charge is 0.237 e. The number of nitriles is 1. The zero-order chi connectivity index (χ0) is 19.5. The summed E-state index contributed by atoms with van der Waals surface area (Å²) < 4.78 is 0. The normalized spacial score (nSPS) is 21.0. The Kier molecular flexibility index (Phi) is 5.45. The number of hydrogen-bond acceptors (Lipinski definition) is 5. The van der Waals surface area contributed by atoms with Crippen molar-refractivity contribution in [3.05, 3.63) is 36.5 Å². The SMILES string of the molecule is CN(c1ccc2cccnc2c1)C1CCN(CC(=O)N2CCCC2C#N)CC1. The fourth-order valence-corrected chi connectivity index (χ4v) is 4.43. The Morgan fingerprint density at radius 3 is 2.86 bits per heavy atom. The molecule has 1 atom stereocenters. The van der Waals surface area contributed by atoms with Crippen molar-refractivity contribution in [2.75, 3.05) is 38.1 Å². The lowest BCUT2D eigenvalue weighted by Gasteiger charge is -2.38. The molecule has 6 heteroatoms. The number of nitrogens with zero attached hydrogens (tertiary/aromatic N) is 5. The van der Waals surface area contributed by atoms with E-state index in [0.29, 0.717) is 12.6 Å². The maximum absolute atomic E-state index is 12.6. The highest BCUT2D eigenvalue weighted by Gasteiger charge is 2.31. The van der Waals surface area contributed by atoms with Crippen LogP contribution in [0.3, 0.4) is 0 Å². The maximum Gasteiger partial charge on any atom is 0.237 e. The van der Waals surface area contributed by atoms with Crippen LogP contribution in [0.2, 0.25) is 0 Å². The number of carbonyl (C=O) groups excluding carboxylic acids is 1. The Labute approximate surface area is 166 Å². The molecule has 1 aromatic carbocycles. The van der Waals surface area contributed by atoms with Gasteiger partial charge in [-0.3, -0.25) is 14.7 Å². The van der Waals surface area contributed by atoms with Crippen LogP contribution < -0.4 is 4.90 Å². The second-order valence-corrected chi connectivity index (χ2v) is 7.87. The van der Waals surface area contributed by atoms with Gasteiger partial charge in [-0.15, -0.1) is 0 Å². The van der Waals surface area contributed by atoms with Gasteiger partial charge in [0.2, 0.25) is 5.91 Å². The maximum atomic E-state index is 12.6. The van der Waals surface area contributed by atoms with E-state index in [1.807, 2.05) is 12.3 Å². The van der Waals surface area contributed by atoms with E-state index >= 15 is 0 Å². The van der Waals surface area contributed by atoms with Gasteiger partial charge in [-0.05, 0) is 43.9 Å². The van der Waals surface area contributed by atoms with Crippen LogP contribution in [0, 0.1) is 11.3 Å². The molecule has 2 saturated heterocycles. The fraction of sp³-hybridized carbons (Fsp3) is 0.500. The van der Waals surface area contributed by atoms with E-state index in [2.05, 4.69) is 52.2 Å². The number of rotatable bonds is 4. The molecular weight excluding hydrogens is 350 g/mol. The van der Waals surface area contributed by atoms with E-state index in [9.17, 15) is 10.1 Å². The molecule has 0 bridgehead atoms. The predicted molar refractivity (Wildman–Crippen MR) is 110 cm³/mol. The highest BCUT2D eigenvalue weighted by molar-refractivity contribution is 5.82. The summed E-state index contributed by atoms with van der Waals surface area (Å²) in [4.78, 5) is 23.4. The second-order valence-electron chi connectivity index (χ2n) is 7.87. The first-order chi connectivity index (χ1) is 13.7. The van der Waals surface area contributed by atoms with E-state index in [0.717, 1.165) is 56.2 Å². The lowest BCUT2D eigenvalue weighted by Crippen LogP contribution is -2.48. The molecule has 1 aromatic heterocycles. The van der Waals surface area contributed by atoms with Gasteiger partial charge in [-0.2, -0.15) is 5.26 Å². The van der Waals surface area contributed by atoms with Crippen molar-refractivity contribution in [3.8, 4) is 6.07 Å². The minimum Gasteiger partial charge on any atom is -0.371 e. The van der Waals surface area contributed by atoms with Crippen LogP contribution in [0.1, 0.15) is 25.7 Å². The highest BCUT2D eigenvalue weighted by atomic mass is 16.2. The predicted octanol–water partition coefficient (Wildman–Crippen LogP) is 2.65. The van der Waals surface area contributed by atoms with E-state index < -0.39 is 0 Å². The minimum atomic E-state index is -0.224. The molecule has 2 fully saturated rings. The van der Waals surface area contributed by atoms with Crippen molar-refractivity contribution in [2.45, 2.75) is 37.8 Å². The van der Waals surface area contributed by atoms with E-state index in [4.69, 9.17) is 0 Å². The number of likely N-dealkylation sites (tertiary alicyclic amines) is 2. The molecule has 4 rings (SSSR count). The second kappa shape index (κ2) is 8.15. The van der Waals surface area contributed by atoms with Gasteiger partial charge < -0.3 is 9.80 Å². The van der Waals surface area contributed by atoms with Gasteiger partial charge >= 0.3 is 0 Å². The number of carbonyl (C=O) groups is 1. The summed E-state index contributed by atoms with van der Waals surface area (Å²) in [5, 5.41) is 10.4. The Bertz CT molecular complexity index is 884. The Hall–Kier alpha value is -2.65. The van der Waals surface area contributed by atoms with Crippen molar-refractivity contribution in [2.24, 2.45) is 0 Å². The summed E-state index contributed by atoms with van der Waals surface area (Å²) in [7, 11) is 2.15. The number of aromatic nitrogens is 1. The van der Waals surface area contributed by atoms with Crippen LogP contribution in [-0.2, 0) is 4.79 Å². The first-order valence-electron chi connectivity index (χ1n) is 10.1. The molecule has 0 aliphatic carbocycles. The van der Waals surface area contributed by atoms with Crippen molar-refractivity contribution < 1.29 is 4.79 Å².